The molecule has 1 aromatic rings. The van der Waals surface area contributed by atoms with E-state index in [1.807, 2.05) is 6.92 Å². The van der Waals surface area contributed by atoms with Crippen LogP contribution in [-0.4, -0.2) is 15.9 Å². The van der Waals surface area contributed by atoms with Crippen molar-refractivity contribution in [1.29, 1.82) is 0 Å². The molecule has 0 aliphatic heterocycles. The lowest BCUT2D eigenvalue weighted by atomic mass is 10.1. The van der Waals surface area contributed by atoms with Gasteiger partial charge >= 0.3 is 0 Å². The molecule has 1 atom stereocenters. The van der Waals surface area contributed by atoms with Gasteiger partial charge in [-0.15, -0.1) is 12.3 Å². The van der Waals surface area contributed by atoms with Crippen molar-refractivity contribution in [2.24, 2.45) is 0 Å². The molecular weight excluding hydrogens is 218 g/mol. The van der Waals surface area contributed by atoms with Crippen LogP contribution in [-0.2, 0) is 0 Å². The van der Waals surface area contributed by atoms with E-state index in [4.69, 9.17) is 6.42 Å². The van der Waals surface area contributed by atoms with Crippen molar-refractivity contribution in [2.45, 2.75) is 32.7 Å². The Morgan fingerprint density at radius 1 is 1.65 bits per heavy atom. The minimum Gasteiger partial charge on any atom is -0.366 e. The number of aromatic nitrogens is 1. The minimum atomic E-state index is -0.440. The van der Waals surface area contributed by atoms with Gasteiger partial charge in [-0.25, -0.2) is 4.98 Å². The molecule has 17 heavy (non-hydrogen) atoms. The second kappa shape index (κ2) is 5.85. The number of terminal acetylenes is 1. The average Bonchev–Trinajstić information content (AvgIpc) is 2.28. The molecule has 0 saturated carbocycles. The van der Waals surface area contributed by atoms with Crippen LogP contribution in [0.15, 0.2) is 12.1 Å². The number of nitrogens with one attached hydrogen (secondary N) is 1. The van der Waals surface area contributed by atoms with Gasteiger partial charge in [0, 0.05) is 18.5 Å². The van der Waals surface area contributed by atoms with Crippen LogP contribution >= 0.6 is 0 Å². The summed E-state index contributed by atoms with van der Waals surface area (Å²) in [6.45, 7) is 3.64. The Balaban J connectivity index is 2.84. The average molecular weight is 233 g/mol. The van der Waals surface area contributed by atoms with E-state index < -0.39 is 4.92 Å². The van der Waals surface area contributed by atoms with E-state index in [1.165, 1.54) is 6.07 Å². The lowest BCUT2D eigenvalue weighted by Crippen LogP contribution is -2.18. The van der Waals surface area contributed by atoms with Crippen LogP contribution in [0.4, 0.5) is 11.5 Å². The predicted molar refractivity (Wildman–Crippen MR) is 66.8 cm³/mol. The van der Waals surface area contributed by atoms with Gasteiger partial charge in [0.1, 0.15) is 11.5 Å². The molecule has 0 amide bonds. The zero-order valence-corrected chi connectivity index (χ0v) is 9.93. The largest absolute Gasteiger partial charge is 0.366 e. The molecule has 1 aromatic heterocycles. The third kappa shape index (κ3) is 3.45. The molecule has 1 N–H and O–H groups in total. The van der Waals surface area contributed by atoms with Gasteiger partial charge in [-0.3, -0.25) is 10.1 Å². The number of hydrogen-bond donors (Lipinski definition) is 1. The molecule has 1 unspecified atom stereocenters. The molecule has 0 bridgehead atoms. The molecule has 90 valence electrons. The lowest BCUT2D eigenvalue weighted by molar-refractivity contribution is -0.385. The van der Waals surface area contributed by atoms with E-state index in [-0.39, 0.29) is 11.7 Å². The number of nitrogens with zero attached hydrogens (tertiary/aromatic N) is 2. The minimum absolute atomic E-state index is 0.0283. The summed E-state index contributed by atoms with van der Waals surface area (Å²) in [5.74, 6) is 3.21. The van der Waals surface area contributed by atoms with E-state index in [0.717, 1.165) is 6.42 Å². The van der Waals surface area contributed by atoms with E-state index in [1.54, 1.807) is 13.0 Å². The van der Waals surface area contributed by atoms with E-state index >= 15 is 0 Å². The summed E-state index contributed by atoms with van der Waals surface area (Å²) in [5.41, 5.74) is 0.427. The highest BCUT2D eigenvalue weighted by atomic mass is 16.6. The summed E-state index contributed by atoms with van der Waals surface area (Å²) in [6.07, 6.45) is 6.73. The predicted octanol–water partition coefficient (Wildman–Crippen LogP) is 2.51. The van der Waals surface area contributed by atoms with Crippen molar-refractivity contribution < 1.29 is 4.92 Å². The number of nitro groups is 1. The van der Waals surface area contributed by atoms with Gasteiger partial charge in [-0.2, -0.15) is 0 Å². The summed E-state index contributed by atoms with van der Waals surface area (Å²) >= 11 is 0. The van der Waals surface area contributed by atoms with Crippen LogP contribution in [0.3, 0.4) is 0 Å². The van der Waals surface area contributed by atoms with Gasteiger partial charge in [0.2, 0.25) is 0 Å². The van der Waals surface area contributed by atoms with Crippen molar-refractivity contribution >= 4 is 11.5 Å². The molecule has 0 saturated heterocycles. The van der Waals surface area contributed by atoms with Gasteiger partial charge in [-0.05, 0) is 19.4 Å². The third-order valence-electron chi connectivity index (χ3n) is 2.46. The van der Waals surface area contributed by atoms with E-state index in [9.17, 15) is 10.1 Å². The summed E-state index contributed by atoms with van der Waals surface area (Å²) in [4.78, 5) is 14.3. The zero-order valence-electron chi connectivity index (χ0n) is 9.93. The Morgan fingerprint density at radius 3 is 2.82 bits per heavy atom. The second-order valence-electron chi connectivity index (χ2n) is 3.72. The van der Waals surface area contributed by atoms with Crippen LogP contribution in [0.25, 0.3) is 0 Å². The fourth-order valence-electron chi connectivity index (χ4n) is 1.48. The highest BCUT2D eigenvalue weighted by Crippen LogP contribution is 2.18. The highest BCUT2D eigenvalue weighted by Gasteiger charge is 2.13. The Morgan fingerprint density at radius 2 is 2.35 bits per heavy atom. The number of anilines is 1. The number of pyridine rings is 1. The molecule has 0 spiro atoms. The van der Waals surface area contributed by atoms with Crippen molar-refractivity contribution in [1.82, 2.24) is 4.98 Å². The highest BCUT2D eigenvalue weighted by molar-refractivity contribution is 5.45. The third-order valence-corrected chi connectivity index (χ3v) is 2.46. The Hall–Kier alpha value is -2.09. The van der Waals surface area contributed by atoms with Crippen LogP contribution in [0.2, 0.25) is 0 Å². The van der Waals surface area contributed by atoms with Gasteiger partial charge < -0.3 is 5.32 Å². The molecule has 1 heterocycles. The van der Waals surface area contributed by atoms with Gasteiger partial charge in [-0.1, -0.05) is 6.92 Å². The first-order valence-corrected chi connectivity index (χ1v) is 5.40. The van der Waals surface area contributed by atoms with E-state index in [0.29, 0.717) is 17.9 Å². The summed E-state index contributed by atoms with van der Waals surface area (Å²) in [5, 5.41) is 13.8. The monoisotopic (exact) mass is 233 g/mol. The van der Waals surface area contributed by atoms with Crippen LogP contribution in [0.1, 0.15) is 25.5 Å². The summed E-state index contributed by atoms with van der Waals surface area (Å²) in [7, 11) is 0. The quantitative estimate of drug-likeness (QED) is 0.482. The molecule has 0 radical (unpaired) electrons. The topological polar surface area (TPSA) is 68.1 Å². The maximum absolute atomic E-state index is 10.6. The molecule has 0 aliphatic carbocycles. The summed E-state index contributed by atoms with van der Waals surface area (Å²) < 4.78 is 0. The first kappa shape index (κ1) is 13.0. The molecule has 5 heteroatoms. The van der Waals surface area contributed by atoms with Crippen molar-refractivity contribution in [3.63, 3.8) is 0 Å². The molecule has 1 rings (SSSR count). The van der Waals surface area contributed by atoms with Gasteiger partial charge in [0.05, 0.1) is 4.92 Å². The Kier molecular flexibility index (Phi) is 4.46. The Bertz CT molecular complexity index is 452. The number of rotatable bonds is 5. The second-order valence-corrected chi connectivity index (χ2v) is 3.72. The Labute approximate surface area is 100 Å². The SMILES string of the molecule is C#CCC(CC)Nc1ccc([N+](=O)[O-])c(C)n1. The molecule has 5 nitrogen and oxygen atoms in total. The normalized spacial score (nSPS) is 11.6. The van der Waals surface area contributed by atoms with Crippen LogP contribution < -0.4 is 5.32 Å². The molecular formula is C12H15N3O2. The molecule has 0 aromatic carbocycles. The maximum Gasteiger partial charge on any atom is 0.290 e. The fraction of sp³-hybridized carbons (Fsp3) is 0.417. The van der Waals surface area contributed by atoms with Crippen LogP contribution in [0, 0.1) is 29.4 Å². The first-order chi connectivity index (χ1) is 8.08. The zero-order chi connectivity index (χ0) is 12.8. The number of aryl methyl sites for hydroxylation is 1. The number of hydrogen-bond acceptors (Lipinski definition) is 4. The standard InChI is InChI=1S/C12H15N3O2/c1-4-6-10(5-2)14-12-8-7-11(15(16)17)9(3)13-12/h1,7-8,10H,5-6H2,2-3H3,(H,13,14). The molecule has 0 fully saturated rings. The summed E-state index contributed by atoms with van der Waals surface area (Å²) in [6, 6.07) is 3.20. The first-order valence-electron chi connectivity index (χ1n) is 5.40. The van der Waals surface area contributed by atoms with Gasteiger partial charge in [0.25, 0.3) is 5.69 Å². The fourth-order valence-corrected chi connectivity index (χ4v) is 1.48. The lowest BCUT2D eigenvalue weighted by Gasteiger charge is -2.14. The smallest absolute Gasteiger partial charge is 0.290 e. The van der Waals surface area contributed by atoms with Crippen LogP contribution in [0.5, 0.6) is 0 Å². The van der Waals surface area contributed by atoms with Gasteiger partial charge in [0.15, 0.2) is 0 Å². The molecule has 0 aliphatic rings. The van der Waals surface area contributed by atoms with Crippen molar-refractivity contribution in [3.8, 4) is 12.3 Å². The van der Waals surface area contributed by atoms with Crippen molar-refractivity contribution in [3.05, 3.63) is 27.9 Å². The van der Waals surface area contributed by atoms with E-state index in [2.05, 4.69) is 16.2 Å². The maximum atomic E-state index is 10.6. The van der Waals surface area contributed by atoms with Crippen molar-refractivity contribution in [2.75, 3.05) is 5.32 Å².